The number of aryl methyl sites for hydroxylation is 1. The number of fused-ring (bicyclic) bond motifs is 2. The highest BCUT2D eigenvalue weighted by molar-refractivity contribution is 8.13. The molecule has 30 heavy (non-hydrogen) atoms. The molecule has 9 heteroatoms. The van der Waals surface area contributed by atoms with Crippen molar-refractivity contribution in [3.8, 4) is 0 Å². The minimum Gasteiger partial charge on any atom is -0.465 e. The average Bonchev–Trinajstić information content (AvgIpc) is 3.08. The Kier molecular flexibility index (Phi) is 5.09. The van der Waals surface area contributed by atoms with Gasteiger partial charge in [0.2, 0.25) is 0 Å². The molecule has 0 saturated carbocycles. The van der Waals surface area contributed by atoms with Gasteiger partial charge in [-0.25, -0.2) is 9.78 Å². The summed E-state index contributed by atoms with van der Waals surface area (Å²) in [7, 11) is 0. The van der Waals surface area contributed by atoms with Crippen LogP contribution >= 0.6 is 11.8 Å². The molecular weight excluding hydrogens is 404 g/mol. The van der Waals surface area contributed by atoms with Gasteiger partial charge in [-0.05, 0) is 47.9 Å². The number of carboxylic acid groups (broad SMARTS) is 1. The zero-order chi connectivity index (χ0) is 21.5. The van der Waals surface area contributed by atoms with Crippen molar-refractivity contribution < 1.29 is 19.1 Å². The summed E-state index contributed by atoms with van der Waals surface area (Å²) in [6, 6.07) is 5.88. The predicted octanol–water partition coefficient (Wildman–Crippen LogP) is 4.16. The lowest BCUT2D eigenvalue weighted by atomic mass is 9.64. The van der Waals surface area contributed by atoms with Gasteiger partial charge in [-0.15, -0.1) is 0 Å². The maximum absolute atomic E-state index is 12.5. The number of aliphatic imine (C=N–C) groups is 1. The zero-order valence-electron chi connectivity index (χ0n) is 17.1. The molecule has 1 aliphatic heterocycles. The normalized spacial score (nSPS) is 22.2. The van der Waals surface area contributed by atoms with Crippen molar-refractivity contribution in [2.45, 2.75) is 45.6 Å². The fourth-order valence-corrected chi connectivity index (χ4v) is 5.48. The van der Waals surface area contributed by atoms with E-state index in [4.69, 9.17) is 14.5 Å². The molecule has 0 bridgehead atoms. The summed E-state index contributed by atoms with van der Waals surface area (Å²) in [5.41, 5.74) is 2.59. The molecule has 1 atom stereocenters. The van der Waals surface area contributed by atoms with Crippen molar-refractivity contribution in [2.75, 3.05) is 11.1 Å². The van der Waals surface area contributed by atoms with E-state index in [-0.39, 0.29) is 17.0 Å². The molecule has 0 radical (unpaired) electrons. The molecule has 1 unspecified atom stereocenters. The number of carbonyl (C=O) groups excluding carboxylic acids is 1. The highest BCUT2D eigenvalue weighted by atomic mass is 32.2. The number of hydrogen-bond acceptors (Lipinski definition) is 6. The second-order valence-corrected chi connectivity index (χ2v) is 9.66. The van der Waals surface area contributed by atoms with Crippen molar-refractivity contribution in [2.24, 2.45) is 10.4 Å². The molecule has 1 aromatic heterocycles. The van der Waals surface area contributed by atoms with Crippen LogP contribution < -0.4 is 10.6 Å². The second kappa shape index (κ2) is 7.46. The molecule has 0 saturated heterocycles. The van der Waals surface area contributed by atoms with Crippen molar-refractivity contribution in [1.29, 1.82) is 0 Å². The number of nitrogens with zero attached hydrogens (tertiary/aromatic N) is 2. The van der Waals surface area contributed by atoms with Crippen LogP contribution in [0.3, 0.4) is 0 Å². The number of carbonyl (C=O) groups is 2. The van der Waals surface area contributed by atoms with Crippen molar-refractivity contribution in [3.63, 3.8) is 0 Å². The largest absolute Gasteiger partial charge is 0.465 e. The Morgan fingerprint density at radius 3 is 2.77 bits per heavy atom. The van der Waals surface area contributed by atoms with Crippen LogP contribution in [0.2, 0.25) is 0 Å². The third-order valence-electron chi connectivity index (χ3n) is 5.44. The molecule has 1 aromatic carbocycles. The van der Waals surface area contributed by atoms with E-state index in [1.54, 1.807) is 6.92 Å². The lowest BCUT2D eigenvalue weighted by molar-refractivity contribution is 0.102. The van der Waals surface area contributed by atoms with Gasteiger partial charge in [0.15, 0.2) is 16.8 Å². The second-order valence-electron chi connectivity index (χ2n) is 8.57. The predicted molar refractivity (Wildman–Crippen MR) is 115 cm³/mol. The number of thioether (sulfide) groups is 1. The van der Waals surface area contributed by atoms with E-state index >= 15 is 0 Å². The van der Waals surface area contributed by atoms with Gasteiger partial charge >= 0.3 is 6.09 Å². The maximum Gasteiger partial charge on any atom is 0.410 e. The molecule has 1 aliphatic carbocycles. The standard InChI is InChI=1S/C21H24N4O4S/c1-12-22-16(10-29-12)17(26)23-14-5-4-13-9-20(2,3)11-21(15(13)8-14)6-7-30-18(25-21)24-19(27)28/h4-5,8,10H,6-7,9,11H2,1-3H3,(H,23,26)(H,24,25)(H,27,28). The van der Waals surface area contributed by atoms with Gasteiger partial charge in [0.25, 0.3) is 5.91 Å². The van der Waals surface area contributed by atoms with Gasteiger partial charge in [0.1, 0.15) is 6.26 Å². The lowest BCUT2D eigenvalue weighted by Gasteiger charge is -2.45. The van der Waals surface area contributed by atoms with Crippen LogP contribution in [0.25, 0.3) is 0 Å². The van der Waals surface area contributed by atoms with E-state index in [0.29, 0.717) is 16.7 Å². The van der Waals surface area contributed by atoms with E-state index in [2.05, 4.69) is 29.5 Å². The zero-order valence-corrected chi connectivity index (χ0v) is 17.9. The summed E-state index contributed by atoms with van der Waals surface area (Å²) < 4.78 is 5.12. The fraction of sp³-hybridized carbons (Fsp3) is 0.429. The Labute approximate surface area is 178 Å². The van der Waals surface area contributed by atoms with E-state index < -0.39 is 11.6 Å². The monoisotopic (exact) mass is 428 g/mol. The van der Waals surface area contributed by atoms with Crippen LogP contribution in [0, 0.1) is 12.3 Å². The first kappa shape index (κ1) is 20.5. The number of oxazole rings is 1. The molecule has 0 fully saturated rings. The van der Waals surface area contributed by atoms with Crippen LogP contribution in [0.1, 0.15) is 54.2 Å². The highest BCUT2D eigenvalue weighted by Gasteiger charge is 2.45. The molecule has 2 amide bonds. The van der Waals surface area contributed by atoms with Crippen LogP contribution in [0.4, 0.5) is 10.5 Å². The first-order valence-corrected chi connectivity index (χ1v) is 10.7. The summed E-state index contributed by atoms with van der Waals surface area (Å²) in [5, 5.41) is 14.9. The number of amidine groups is 1. The van der Waals surface area contributed by atoms with Gasteiger partial charge in [0.05, 0.1) is 5.54 Å². The maximum atomic E-state index is 12.5. The van der Waals surface area contributed by atoms with Gasteiger partial charge < -0.3 is 14.8 Å². The molecule has 2 aromatic rings. The summed E-state index contributed by atoms with van der Waals surface area (Å²) in [6.07, 6.45) is 2.72. The summed E-state index contributed by atoms with van der Waals surface area (Å²) >= 11 is 1.42. The molecule has 4 rings (SSSR count). The molecule has 3 N–H and O–H groups in total. The lowest BCUT2D eigenvalue weighted by Crippen LogP contribution is -2.42. The van der Waals surface area contributed by atoms with Crippen molar-refractivity contribution in [3.05, 3.63) is 47.2 Å². The quantitative estimate of drug-likeness (QED) is 0.661. The average molecular weight is 429 g/mol. The number of amides is 2. The molecule has 2 aliphatic rings. The summed E-state index contributed by atoms with van der Waals surface area (Å²) in [5.74, 6) is 0.857. The Bertz CT molecular complexity index is 1050. The first-order valence-electron chi connectivity index (χ1n) is 9.75. The van der Waals surface area contributed by atoms with Gasteiger partial charge in [-0.2, -0.15) is 0 Å². The van der Waals surface area contributed by atoms with Gasteiger partial charge in [0, 0.05) is 18.4 Å². The van der Waals surface area contributed by atoms with Crippen molar-refractivity contribution in [1.82, 2.24) is 10.3 Å². The smallest absolute Gasteiger partial charge is 0.410 e. The molecule has 2 heterocycles. The van der Waals surface area contributed by atoms with E-state index in [9.17, 15) is 9.59 Å². The van der Waals surface area contributed by atoms with E-state index in [1.807, 2.05) is 18.2 Å². The Balaban J connectivity index is 1.71. The minimum atomic E-state index is -1.11. The van der Waals surface area contributed by atoms with Gasteiger partial charge in [-0.3, -0.25) is 15.1 Å². The first-order chi connectivity index (χ1) is 14.2. The SMILES string of the molecule is Cc1nc(C(=O)Nc2ccc3c(c2)C2(CCSC(NC(=O)O)=N2)CC(C)(C)C3)co1. The summed E-state index contributed by atoms with van der Waals surface area (Å²) in [6.45, 7) is 6.10. The molecule has 1 spiro atoms. The summed E-state index contributed by atoms with van der Waals surface area (Å²) in [4.78, 5) is 32.6. The number of hydrogen-bond donors (Lipinski definition) is 3. The number of anilines is 1. The Hall–Kier alpha value is -2.81. The third-order valence-corrected chi connectivity index (χ3v) is 6.32. The third kappa shape index (κ3) is 4.07. The van der Waals surface area contributed by atoms with Crippen molar-refractivity contribution >= 4 is 34.6 Å². The topological polar surface area (TPSA) is 117 Å². The van der Waals surface area contributed by atoms with E-state index in [0.717, 1.165) is 30.6 Å². The number of rotatable bonds is 2. The number of benzene rings is 1. The highest BCUT2D eigenvalue weighted by Crippen LogP contribution is 2.51. The minimum absolute atomic E-state index is 0.0237. The molecule has 8 nitrogen and oxygen atoms in total. The van der Waals surface area contributed by atoms with E-state index in [1.165, 1.54) is 23.6 Å². The number of aromatic nitrogens is 1. The van der Waals surface area contributed by atoms with Crippen LogP contribution in [-0.2, 0) is 12.0 Å². The number of nitrogens with one attached hydrogen (secondary N) is 2. The molecular formula is C21H24N4O4S. The Morgan fingerprint density at radius 1 is 1.27 bits per heavy atom. The van der Waals surface area contributed by atoms with Gasteiger partial charge in [-0.1, -0.05) is 31.7 Å². The Morgan fingerprint density at radius 2 is 2.07 bits per heavy atom. The fourth-order valence-electron chi connectivity index (χ4n) is 4.45. The van der Waals surface area contributed by atoms with Crippen LogP contribution in [0.5, 0.6) is 0 Å². The van der Waals surface area contributed by atoms with Crippen LogP contribution in [-0.4, -0.2) is 33.0 Å². The molecule has 158 valence electrons. The van der Waals surface area contributed by atoms with Crippen LogP contribution in [0.15, 0.2) is 33.9 Å².